The fourth-order valence-corrected chi connectivity index (χ4v) is 2.62. The molecular formula is C14H10ClN3O2. The van der Waals surface area contributed by atoms with Crippen LogP contribution < -0.4 is 5.32 Å². The van der Waals surface area contributed by atoms with Crippen LogP contribution in [0.4, 0.5) is 0 Å². The molecule has 1 N–H and O–H groups in total. The highest BCUT2D eigenvalue weighted by molar-refractivity contribution is 6.30. The molecule has 2 atom stereocenters. The van der Waals surface area contributed by atoms with Crippen LogP contribution in [0.3, 0.4) is 0 Å². The number of halogens is 1. The van der Waals surface area contributed by atoms with E-state index >= 15 is 0 Å². The van der Waals surface area contributed by atoms with Crippen molar-refractivity contribution >= 4 is 28.8 Å². The first kappa shape index (κ1) is 12.7. The summed E-state index contributed by atoms with van der Waals surface area (Å²) in [5, 5.41) is 16.4. The van der Waals surface area contributed by atoms with Crippen molar-refractivity contribution in [3.8, 4) is 6.07 Å². The van der Waals surface area contributed by atoms with Gasteiger partial charge in [-0.3, -0.25) is 4.79 Å². The molecule has 6 heteroatoms. The molecule has 100 valence electrons. The van der Waals surface area contributed by atoms with Crippen LogP contribution in [0.5, 0.6) is 0 Å². The number of carbonyl (C=O) groups excluding carboxylic acids is 1. The van der Waals surface area contributed by atoms with Gasteiger partial charge >= 0.3 is 0 Å². The third kappa shape index (κ3) is 1.86. The highest BCUT2D eigenvalue weighted by atomic mass is 35.5. The van der Waals surface area contributed by atoms with Crippen LogP contribution in [0.2, 0.25) is 5.02 Å². The summed E-state index contributed by atoms with van der Waals surface area (Å²) in [5.74, 6) is -0.688. The molecule has 0 unspecified atom stereocenters. The molecule has 1 aromatic rings. The quantitative estimate of drug-likeness (QED) is 0.859. The van der Waals surface area contributed by atoms with Crippen LogP contribution in [0, 0.1) is 17.2 Å². The van der Waals surface area contributed by atoms with Gasteiger partial charge in [0.25, 0.3) is 5.91 Å². The van der Waals surface area contributed by atoms with E-state index in [1.165, 1.54) is 0 Å². The van der Waals surface area contributed by atoms with Gasteiger partial charge in [-0.1, -0.05) is 28.9 Å². The average Bonchev–Trinajstić information content (AvgIpc) is 2.79. The van der Waals surface area contributed by atoms with Crippen molar-refractivity contribution in [2.45, 2.75) is 13.2 Å². The zero-order valence-corrected chi connectivity index (χ0v) is 11.3. The zero-order chi connectivity index (χ0) is 14.3. The smallest absolute Gasteiger partial charge is 0.265 e. The molecule has 0 spiro atoms. The maximum absolute atomic E-state index is 12.0. The number of oxime groups is 1. The number of nitrogens with one attached hydrogen (secondary N) is 1. The van der Waals surface area contributed by atoms with Crippen LogP contribution in [0.15, 0.2) is 35.0 Å². The maximum atomic E-state index is 12.0. The van der Waals surface area contributed by atoms with Crippen molar-refractivity contribution in [1.82, 2.24) is 5.32 Å². The Labute approximate surface area is 120 Å². The Morgan fingerprint density at radius 1 is 1.40 bits per heavy atom. The minimum atomic E-state index is -0.551. The summed E-state index contributed by atoms with van der Waals surface area (Å²) in [6.07, 6.45) is -0.551. The second-order valence-electron chi connectivity index (χ2n) is 4.62. The molecule has 5 nitrogen and oxygen atoms in total. The maximum Gasteiger partial charge on any atom is 0.265 e. The Balaban J connectivity index is 2.20. The van der Waals surface area contributed by atoms with Gasteiger partial charge in [-0.2, -0.15) is 5.26 Å². The largest absolute Gasteiger partial charge is 0.370 e. The van der Waals surface area contributed by atoms with E-state index in [0.717, 1.165) is 11.3 Å². The Morgan fingerprint density at radius 3 is 2.75 bits per heavy atom. The fraction of sp³-hybridized carbons (Fsp3) is 0.214. The number of hydrogen-bond acceptors (Lipinski definition) is 4. The molecule has 0 bridgehead atoms. The second-order valence-corrected chi connectivity index (χ2v) is 5.05. The number of rotatable bonds is 1. The molecule has 2 heterocycles. The lowest BCUT2D eigenvalue weighted by Gasteiger charge is -2.27. The predicted molar refractivity (Wildman–Crippen MR) is 73.6 cm³/mol. The van der Waals surface area contributed by atoms with Gasteiger partial charge in [0.05, 0.1) is 11.6 Å². The van der Waals surface area contributed by atoms with Gasteiger partial charge in [0.1, 0.15) is 11.6 Å². The summed E-state index contributed by atoms with van der Waals surface area (Å²) < 4.78 is 0. The Morgan fingerprint density at radius 2 is 2.10 bits per heavy atom. The van der Waals surface area contributed by atoms with Crippen molar-refractivity contribution in [2.24, 2.45) is 11.1 Å². The number of nitriles is 1. The molecule has 1 aromatic carbocycles. The van der Waals surface area contributed by atoms with Crippen molar-refractivity contribution < 1.29 is 9.63 Å². The molecular weight excluding hydrogens is 278 g/mol. The van der Waals surface area contributed by atoms with E-state index < -0.39 is 12.1 Å². The Kier molecular flexibility index (Phi) is 2.96. The number of amides is 1. The van der Waals surface area contributed by atoms with Gasteiger partial charge in [0.15, 0.2) is 0 Å². The fourth-order valence-electron chi connectivity index (χ4n) is 2.49. The number of carbonyl (C=O) groups is 1. The van der Waals surface area contributed by atoms with Gasteiger partial charge < -0.3 is 10.2 Å². The van der Waals surface area contributed by atoms with Gasteiger partial charge in [-0.05, 0) is 30.2 Å². The third-order valence-electron chi connectivity index (χ3n) is 3.41. The molecule has 2 aliphatic rings. The lowest BCUT2D eigenvalue weighted by molar-refractivity contribution is -0.121. The lowest BCUT2D eigenvalue weighted by Crippen LogP contribution is -2.46. The molecule has 0 saturated heterocycles. The van der Waals surface area contributed by atoms with Gasteiger partial charge in [0, 0.05) is 5.02 Å². The first-order valence-electron chi connectivity index (χ1n) is 6.03. The molecule has 2 aliphatic heterocycles. The van der Waals surface area contributed by atoms with Gasteiger partial charge in [-0.15, -0.1) is 0 Å². The number of hydrogen-bond donors (Lipinski definition) is 1. The summed E-state index contributed by atoms with van der Waals surface area (Å²) in [4.78, 5) is 17.2. The van der Waals surface area contributed by atoms with Gasteiger partial charge in [-0.25, -0.2) is 0 Å². The van der Waals surface area contributed by atoms with E-state index in [1.54, 1.807) is 24.3 Å². The minimum absolute atomic E-state index is 0.0913. The Hall–Kier alpha value is -2.32. The molecule has 0 radical (unpaired) electrons. The number of nitrogens with zero attached hydrogens (tertiary/aromatic N) is 2. The minimum Gasteiger partial charge on any atom is -0.370 e. The summed E-state index contributed by atoms with van der Waals surface area (Å²) in [7, 11) is 0. The third-order valence-corrected chi connectivity index (χ3v) is 3.66. The van der Waals surface area contributed by atoms with Crippen LogP contribution in [-0.4, -0.2) is 17.8 Å². The normalized spacial score (nSPS) is 24.4. The van der Waals surface area contributed by atoms with Crippen molar-refractivity contribution in [2.75, 3.05) is 0 Å². The van der Waals surface area contributed by atoms with Crippen molar-refractivity contribution in [1.29, 1.82) is 5.26 Å². The molecule has 0 fully saturated rings. The van der Waals surface area contributed by atoms with Crippen LogP contribution in [0.25, 0.3) is 5.57 Å². The first-order chi connectivity index (χ1) is 9.61. The summed E-state index contributed by atoms with van der Waals surface area (Å²) >= 11 is 5.88. The topological polar surface area (TPSA) is 74.5 Å². The molecule has 20 heavy (non-hydrogen) atoms. The Bertz CT molecular complexity index is 685. The van der Waals surface area contributed by atoms with Crippen LogP contribution in [-0.2, 0) is 9.63 Å². The SMILES string of the molecule is CC1=NO[C@@H]2NC(=O)C(C#N)=C(c3ccc(Cl)cc3)[C@@H]12. The van der Waals surface area contributed by atoms with Crippen molar-refractivity contribution in [3.63, 3.8) is 0 Å². The van der Waals surface area contributed by atoms with E-state index in [0.29, 0.717) is 10.6 Å². The first-order valence-corrected chi connectivity index (χ1v) is 6.41. The number of fused-ring (bicyclic) bond motifs is 1. The van der Waals surface area contributed by atoms with Crippen LogP contribution >= 0.6 is 11.6 Å². The summed E-state index contributed by atoms with van der Waals surface area (Å²) in [6.45, 7) is 1.81. The predicted octanol–water partition coefficient (Wildman–Crippen LogP) is 2.10. The molecule has 3 rings (SSSR count). The zero-order valence-electron chi connectivity index (χ0n) is 10.6. The highest BCUT2D eigenvalue weighted by Crippen LogP contribution is 2.37. The number of benzene rings is 1. The molecule has 1 amide bonds. The van der Waals surface area contributed by atoms with E-state index in [1.807, 2.05) is 13.0 Å². The van der Waals surface area contributed by atoms with E-state index in [4.69, 9.17) is 16.4 Å². The molecule has 0 aromatic heterocycles. The average molecular weight is 288 g/mol. The summed E-state index contributed by atoms with van der Waals surface area (Å²) in [5.41, 5.74) is 2.23. The molecule has 0 aliphatic carbocycles. The van der Waals surface area contributed by atoms with Crippen molar-refractivity contribution in [3.05, 3.63) is 40.4 Å². The standard InChI is InChI=1S/C14H10ClN3O2/c1-7-11-12(8-2-4-9(15)5-3-8)10(6-16)13(19)17-14(11)20-18-7/h2-5,11,14H,1H3,(H,17,19)/t11-,14+/m1/s1. The monoisotopic (exact) mass is 287 g/mol. The summed E-state index contributed by atoms with van der Waals surface area (Å²) in [6, 6.07) is 9.00. The van der Waals surface area contributed by atoms with Gasteiger partial charge in [0.2, 0.25) is 6.23 Å². The van der Waals surface area contributed by atoms with E-state index in [9.17, 15) is 10.1 Å². The highest BCUT2D eigenvalue weighted by Gasteiger charge is 2.43. The second kappa shape index (κ2) is 4.66. The lowest BCUT2D eigenvalue weighted by atomic mass is 9.82. The van der Waals surface area contributed by atoms with E-state index in [2.05, 4.69) is 10.5 Å². The van der Waals surface area contributed by atoms with E-state index in [-0.39, 0.29) is 11.5 Å². The van der Waals surface area contributed by atoms with Crippen LogP contribution in [0.1, 0.15) is 12.5 Å². The molecule has 0 saturated carbocycles.